The van der Waals surface area contributed by atoms with Crippen LogP contribution in [-0.2, 0) is 0 Å². The maximum absolute atomic E-state index is 6.15. The van der Waals surface area contributed by atoms with Crippen LogP contribution in [0.5, 0.6) is 0 Å². The second kappa shape index (κ2) is 4.98. The van der Waals surface area contributed by atoms with Crippen LogP contribution in [0.3, 0.4) is 0 Å². The highest BCUT2D eigenvalue weighted by molar-refractivity contribution is 9.10. The molecule has 2 N–H and O–H groups in total. The van der Waals surface area contributed by atoms with Gasteiger partial charge in [-0.25, -0.2) is 9.97 Å². The monoisotopic (exact) mass is 294 g/mol. The van der Waals surface area contributed by atoms with Crippen LogP contribution in [0.4, 0.5) is 0 Å². The first kappa shape index (κ1) is 12.3. The summed E-state index contributed by atoms with van der Waals surface area (Å²) in [7, 11) is 0. The van der Waals surface area contributed by atoms with Gasteiger partial charge in [-0.05, 0) is 34.0 Å². The van der Waals surface area contributed by atoms with E-state index in [-0.39, 0.29) is 6.04 Å². The number of halogens is 1. The minimum absolute atomic E-state index is 0.0389. The van der Waals surface area contributed by atoms with Crippen LogP contribution in [0.1, 0.15) is 25.6 Å². The van der Waals surface area contributed by atoms with Gasteiger partial charge >= 0.3 is 0 Å². The van der Waals surface area contributed by atoms with Gasteiger partial charge in [0.2, 0.25) is 0 Å². The predicted molar refractivity (Wildman–Crippen MR) is 70.8 cm³/mol. The fourth-order valence-electron chi connectivity index (χ4n) is 1.60. The van der Waals surface area contributed by atoms with Crippen molar-refractivity contribution in [3.8, 4) is 5.82 Å². The lowest BCUT2D eigenvalue weighted by molar-refractivity contribution is 0.496. The first-order valence-electron chi connectivity index (χ1n) is 5.49. The van der Waals surface area contributed by atoms with Crippen LogP contribution in [0, 0.1) is 5.92 Å². The van der Waals surface area contributed by atoms with Crippen LogP contribution in [0.25, 0.3) is 5.82 Å². The molecule has 0 spiro atoms. The lowest BCUT2D eigenvalue weighted by atomic mass is 10.0. The smallest absolute Gasteiger partial charge is 0.138 e. The molecular weight excluding hydrogens is 280 g/mol. The lowest BCUT2D eigenvalue weighted by Crippen LogP contribution is -2.20. The van der Waals surface area contributed by atoms with E-state index in [4.69, 9.17) is 5.73 Å². The molecule has 2 aromatic heterocycles. The Balaban J connectivity index is 2.40. The van der Waals surface area contributed by atoms with Crippen molar-refractivity contribution in [2.75, 3.05) is 0 Å². The third kappa shape index (κ3) is 2.56. The fourth-order valence-corrected chi connectivity index (χ4v) is 1.83. The highest BCUT2D eigenvalue weighted by Gasteiger charge is 2.16. The molecule has 0 saturated carbocycles. The molecule has 90 valence electrons. The van der Waals surface area contributed by atoms with E-state index in [0.717, 1.165) is 16.0 Å². The van der Waals surface area contributed by atoms with Crippen LogP contribution >= 0.6 is 15.9 Å². The first-order chi connectivity index (χ1) is 8.09. The number of rotatable bonds is 3. The number of pyridine rings is 1. The number of aromatic nitrogens is 3. The molecular formula is C12H15BrN4. The highest BCUT2D eigenvalue weighted by Crippen LogP contribution is 2.21. The van der Waals surface area contributed by atoms with Gasteiger partial charge in [0.05, 0.1) is 11.9 Å². The maximum atomic E-state index is 6.15. The van der Waals surface area contributed by atoms with Gasteiger partial charge in [-0.3, -0.25) is 4.57 Å². The molecule has 0 radical (unpaired) electrons. The largest absolute Gasteiger partial charge is 0.322 e. The zero-order valence-electron chi connectivity index (χ0n) is 9.84. The summed E-state index contributed by atoms with van der Waals surface area (Å²) in [5.41, 5.74) is 7.13. The van der Waals surface area contributed by atoms with Crippen LogP contribution in [-0.4, -0.2) is 14.5 Å². The van der Waals surface area contributed by atoms with Crippen molar-refractivity contribution >= 4 is 15.9 Å². The van der Waals surface area contributed by atoms with Gasteiger partial charge in [0.1, 0.15) is 12.1 Å². The highest BCUT2D eigenvalue weighted by atomic mass is 79.9. The summed E-state index contributed by atoms with van der Waals surface area (Å²) in [5, 5.41) is 0. The lowest BCUT2D eigenvalue weighted by Gasteiger charge is -2.17. The van der Waals surface area contributed by atoms with Crippen molar-refractivity contribution in [1.82, 2.24) is 14.5 Å². The van der Waals surface area contributed by atoms with E-state index in [0.29, 0.717) is 5.92 Å². The standard InChI is InChI=1S/C12H15BrN4/c1-8(2)12(14)10-6-15-7-17(10)11-4-3-9(13)5-16-11/h3-8,12H,14H2,1-2H3. The minimum atomic E-state index is -0.0389. The summed E-state index contributed by atoms with van der Waals surface area (Å²) in [6.07, 6.45) is 5.31. The average Bonchev–Trinajstić information content (AvgIpc) is 2.77. The fraction of sp³-hybridized carbons (Fsp3) is 0.333. The van der Waals surface area contributed by atoms with Gasteiger partial charge < -0.3 is 5.73 Å². The molecule has 2 heterocycles. The SMILES string of the molecule is CC(C)C(N)c1cncn1-c1ccc(Br)cn1. The van der Waals surface area contributed by atoms with Crippen molar-refractivity contribution in [3.05, 3.63) is 41.0 Å². The molecule has 2 aromatic rings. The Morgan fingerprint density at radius 2 is 2.06 bits per heavy atom. The van der Waals surface area contributed by atoms with Gasteiger partial charge in [0.25, 0.3) is 0 Å². The Bertz CT molecular complexity index is 489. The molecule has 5 heteroatoms. The first-order valence-corrected chi connectivity index (χ1v) is 6.28. The Hall–Kier alpha value is -1.20. The van der Waals surface area contributed by atoms with E-state index < -0.39 is 0 Å². The van der Waals surface area contributed by atoms with Gasteiger partial charge in [0.15, 0.2) is 0 Å². The molecule has 2 rings (SSSR count). The third-order valence-electron chi connectivity index (χ3n) is 2.69. The summed E-state index contributed by atoms with van der Waals surface area (Å²) in [4.78, 5) is 8.50. The van der Waals surface area contributed by atoms with Crippen LogP contribution in [0.2, 0.25) is 0 Å². The molecule has 0 aliphatic heterocycles. The topological polar surface area (TPSA) is 56.7 Å². The number of imidazole rings is 1. The Labute approximate surface area is 109 Å². The Morgan fingerprint density at radius 3 is 2.65 bits per heavy atom. The number of nitrogens with two attached hydrogens (primary N) is 1. The maximum Gasteiger partial charge on any atom is 0.138 e. The molecule has 0 aliphatic rings. The second-order valence-corrected chi connectivity index (χ2v) is 5.21. The summed E-state index contributed by atoms with van der Waals surface area (Å²) in [5.74, 6) is 1.19. The van der Waals surface area contributed by atoms with Crippen molar-refractivity contribution in [3.63, 3.8) is 0 Å². The van der Waals surface area contributed by atoms with E-state index >= 15 is 0 Å². The van der Waals surface area contributed by atoms with E-state index in [1.807, 2.05) is 16.7 Å². The van der Waals surface area contributed by atoms with E-state index in [1.54, 1.807) is 18.7 Å². The van der Waals surface area contributed by atoms with Gasteiger partial charge in [-0.1, -0.05) is 13.8 Å². The Kier molecular flexibility index (Phi) is 3.59. The quantitative estimate of drug-likeness (QED) is 0.947. The molecule has 4 nitrogen and oxygen atoms in total. The van der Waals surface area contributed by atoms with E-state index in [2.05, 4.69) is 39.7 Å². The Morgan fingerprint density at radius 1 is 1.29 bits per heavy atom. The summed E-state index contributed by atoms with van der Waals surface area (Å²) in [6, 6.07) is 3.85. The molecule has 0 amide bonds. The number of nitrogens with zero attached hydrogens (tertiary/aromatic N) is 3. The third-order valence-corrected chi connectivity index (χ3v) is 3.15. The molecule has 0 aliphatic carbocycles. The summed E-state index contributed by atoms with van der Waals surface area (Å²) < 4.78 is 2.88. The zero-order chi connectivity index (χ0) is 12.4. The molecule has 1 unspecified atom stereocenters. The van der Waals surface area contributed by atoms with Crippen molar-refractivity contribution in [2.24, 2.45) is 11.7 Å². The second-order valence-electron chi connectivity index (χ2n) is 4.29. The molecule has 17 heavy (non-hydrogen) atoms. The van der Waals surface area contributed by atoms with Gasteiger partial charge in [-0.15, -0.1) is 0 Å². The number of hydrogen-bond donors (Lipinski definition) is 1. The predicted octanol–water partition coefficient (Wildman–Crippen LogP) is 2.69. The normalized spacial score (nSPS) is 13.0. The van der Waals surface area contributed by atoms with E-state index in [1.165, 1.54) is 0 Å². The van der Waals surface area contributed by atoms with E-state index in [9.17, 15) is 0 Å². The van der Waals surface area contributed by atoms with Gasteiger partial charge in [0, 0.05) is 16.7 Å². The number of hydrogen-bond acceptors (Lipinski definition) is 3. The molecule has 0 aromatic carbocycles. The van der Waals surface area contributed by atoms with Gasteiger partial charge in [-0.2, -0.15) is 0 Å². The molecule has 0 bridgehead atoms. The van der Waals surface area contributed by atoms with Crippen molar-refractivity contribution in [2.45, 2.75) is 19.9 Å². The average molecular weight is 295 g/mol. The summed E-state index contributed by atoms with van der Waals surface area (Å²) >= 11 is 3.37. The van der Waals surface area contributed by atoms with Crippen molar-refractivity contribution in [1.29, 1.82) is 0 Å². The zero-order valence-corrected chi connectivity index (χ0v) is 11.4. The summed E-state index contributed by atoms with van der Waals surface area (Å²) in [6.45, 7) is 4.19. The van der Waals surface area contributed by atoms with Crippen LogP contribution in [0.15, 0.2) is 35.3 Å². The molecule has 1 atom stereocenters. The minimum Gasteiger partial charge on any atom is -0.322 e. The molecule has 0 fully saturated rings. The molecule has 0 saturated heterocycles. The van der Waals surface area contributed by atoms with Crippen molar-refractivity contribution < 1.29 is 0 Å². The van der Waals surface area contributed by atoms with Crippen LogP contribution < -0.4 is 5.73 Å².